The van der Waals surface area contributed by atoms with Crippen LogP contribution < -0.4 is 4.90 Å². The molecule has 0 saturated heterocycles. The number of nitrogens with zero attached hydrogens (tertiary/aromatic N) is 3. The van der Waals surface area contributed by atoms with Gasteiger partial charge in [0.1, 0.15) is 6.07 Å². The summed E-state index contributed by atoms with van der Waals surface area (Å²) in [6.45, 7) is 7.09. The number of hydrogen-bond donors (Lipinski definition) is 0. The first-order valence-electron chi connectivity index (χ1n) is 7.34. The molecule has 1 aliphatic heterocycles. The number of anilines is 2. The first kappa shape index (κ1) is 13.6. The molecule has 106 valence electrons. The van der Waals surface area contributed by atoms with Crippen molar-refractivity contribution >= 4 is 11.4 Å². The maximum atomic E-state index is 9.52. The number of para-hydroxylation sites is 1. The van der Waals surface area contributed by atoms with Crippen molar-refractivity contribution < 1.29 is 0 Å². The van der Waals surface area contributed by atoms with Gasteiger partial charge in [-0.1, -0.05) is 25.1 Å². The maximum absolute atomic E-state index is 9.52. The Labute approximate surface area is 125 Å². The van der Waals surface area contributed by atoms with Crippen LogP contribution in [0.5, 0.6) is 0 Å². The first-order chi connectivity index (χ1) is 10.1. The van der Waals surface area contributed by atoms with Crippen LogP contribution in [-0.4, -0.2) is 11.5 Å². The van der Waals surface area contributed by atoms with Crippen LogP contribution in [0.1, 0.15) is 29.4 Å². The Morgan fingerprint density at radius 2 is 2.00 bits per heavy atom. The molecule has 21 heavy (non-hydrogen) atoms. The molecule has 1 unspecified atom stereocenters. The highest BCUT2D eigenvalue weighted by Gasteiger charge is 2.25. The zero-order chi connectivity index (χ0) is 15.0. The Bertz CT molecular complexity index is 728. The van der Waals surface area contributed by atoms with Crippen LogP contribution in [-0.2, 0) is 6.42 Å². The molecule has 0 amide bonds. The molecule has 1 aliphatic rings. The van der Waals surface area contributed by atoms with E-state index in [4.69, 9.17) is 0 Å². The van der Waals surface area contributed by atoms with Crippen LogP contribution in [0, 0.1) is 31.1 Å². The van der Waals surface area contributed by atoms with E-state index >= 15 is 0 Å². The van der Waals surface area contributed by atoms with E-state index in [9.17, 15) is 5.26 Å². The summed E-state index contributed by atoms with van der Waals surface area (Å²) in [5.74, 6) is 0.570. The van der Waals surface area contributed by atoms with Crippen molar-refractivity contribution in [2.24, 2.45) is 5.92 Å². The normalized spacial score (nSPS) is 17.2. The fourth-order valence-corrected chi connectivity index (χ4v) is 3.18. The van der Waals surface area contributed by atoms with Gasteiger partial charge in [-0.05, 0) is 43.9 Å². The van der Waals surface area contributed by atoms with E-state index in [1.165, 1.54) is 11.3 Å². The van der Waals surface area contributed by atoms with Gasteiger partial charge in [-0.25, -0.2) is 0 Å². The molecule has 1 aromatic carbocycles. The average Bonchev–Trinajstić information content (AvgIpc) is 2.45. The lowest BCUT2D eigenvalue weighted by molar-refractivity contribution is 0.562. The van der Waals surface area contributed by atoms with E-state index in [1.54, 1.807) is 0 Å². The zero-order valence-electron chi connectivity index (χ0n) is 12.7. The van der Waals surface area contributed by atoms with Gasteiger partial charge in [0.05, 0.1) is 16.9 Å². The Hall–Kier alpha value is -2.34. The SMILES string of the molecule is Cc1cc(N2CC(C)Cc3ccccc32)c(C#N)c(C)n1. The van der Waals surface area contributed by atoms with Gasteiger partial charge < -0.3 is 4.90 Å². The standard InChI is InChI=1S/C18H19N3/c1-12-8-15-6-4-5-7-17(15)21(11-12)18-9-13(2)20-14(3)16(18)10-19/h4-7,9,12H,8,11H2,1-3H3. The maximum Gasteiger partial charge on any atom is 0.103 e. The molecule has 0 saturated carbocycles. The number of aryl methyl sites for hydroxylation is 2. The molecule has 0 bridgehead atoms. The lowest BCUT2D eigenvalue weighted by Crippen LogP contribution is -2.31. The number of fused-ring (bicyclic) bond motifs is 1. The summed E-state index contributed by atoms with van der Waals surface area (Å²) in [5, 5.41) is 9.52. The van der Waals surface area contributed by atoms with Gasteiger partial charge in [-0.15, -0.1) is 0 Å². The molecule has 0 spiro atoms. The second-order valence-corrected chi connectivity index (χ2v) is 5.90. The Kier molecular flexibility index (Phi) is 3.39. The van der Waals surface area contributed by atoms with Gasteiger partial charge in [-0.2, -0.15) is 5.26 Å². The molecular weight excluding hydrogens is 258 g/mol. The Morgan fingerprint density at radius 1 is 1.24 bits per heavy atom. The summed E-state index contributed by atoms with van der Waals surface area (Å²) in [6, 6.07) is 12.8. The first-order valence-corrected chi connectivity index (χ1v) is 7.34. The number of benzene rings is 1. The number of hydrogen-bond acceptors (Lipinski definition) is 3. The monoisotopic (exact) mass is 277 g/mol. The van der Waals surface area contributed by atoms with E-state index in [0.717, 1.165) is 30.0 Å². The van der Waals surface area contributed by atoms with E-state index in [0.29, 0.717) is 11.5 Å². The number of pyridine rings is 1. The largest absolute Gasteiger partial charge is 0.340 e. The number of aromatic nitrogens is 1. The minimum Gasteiger partial charge on any atom is -0.340 e. The summed E-state index contributed by atoms with van der Waals surface area (Å²) in [4.78, 5) is 6.71. The fourth-order valence-electron chi connectivity index (χ4n) is 3.18. The van der Waals surface area contributed by atoms with Crippen molar-refractivity contribution in [1.29, 1.82) is 5.26 Å². The predicted octanol–water partition coefficient (Wildman–Crippen LogP) is 3.90. The molecule has 3 nitrogen and oxygen atoms in total. The third kappa shape index (κ3) is 2.38. The number of nitriles is 1. The van der Waals surface area contributed by atoms with Crippen LogP contribution in [0.3, 0.4) is 0 Å². The fraction of sp³-hybridized carbons (Fsp3) is 0.333. The van der Waals surface area contributed by atoms with Gasteiger partial charge in [0.2, 0.25) is 0 Å². The lowest BCUT2D eigenvalue weighted by atomic mass is 9.93. The van der Waals surface area contributed by atoms with Crippen LogP contribution in [0.4, 0.5) is 11.4 Å². The Balaban J connectivity index is 2.20. The molecule has 3 heteroatoms. The smallest absolute Gasteiger partial charge is 0.103 e. The molecule has 0 aliphatic carbocycles. The zero-order valence-corrected chi connectivity index (χ0v) is 12.7. The van der Waals surface area contributed by atoms with Gasteiger partial charge in [0, 0.05) is 17.9 Å². The molecule has 3 rings (SSSR count). The number of rotatable bonds is 1. The van der Waals surface area contributed by atoms with Crippen molar-refractivity contribution in [2.75, 3.05) is 11.4 Å². The second kappa shape index (κ2) is 5.21. The van der Waals surface area contributed by atoms with Gasteiger partial charge in [-0.3, -0.25) is 4.98 Å². The highest BCUT2D eigenvalue weighted by molar-refractivity contribution is 5.73. The van der Waals surface area contributed by atoms with Crippen LogP contribution >= 0.6 is 0 Å². The minimum absolute atomic E-state index is 0.570. The third-order valence-electron chi connectivity index (χ3n) is 4.06. The predicted molar refractivity (Wildman–Crippen MR) is 84.7 cm³/mol. The molecule has 0 N–H and O–H groups in total. The van der Waals surface area contributed by atoms with Crippen LogP contribution in [0.2, 0.25) is 0 Å². The summed E-state index contributed by atoms with van der Waals surface area (Å²) < 4.78 is 0. The van der Waals surface area contributed by atoms with Gasteiger partial charge >= 0.3 is 0 Å². The highest BCUT2D eigenvalue weighted by atomic mass is 15.2. The molecule has 0 fully saturated rings. The van der Waals surface area contributed by atoms with Crippen LogP contribution in [0.15, 0.2) is 30.3 Å². The molecule has 1 aromatic heterocycles. The van der Waals surface area contributed by atoms with E-state index in [-0.39, 0.29) is 0 Å². The van der Waals surface area contributed by atoms with E-state index in [1.807, 2.05) is 19.9 Å². The molecule has 1 atom stereocenters. The average molecular weight is 277 g/mol. The van der Waals surface area contributed by atoms with Crippen molar-refractivity contribution in [1.82, 2.24) is 4.98 Å². The highest BCUT2D eigenvalue weighted by Crippen LogP contribution is 2.37. The van der Waals surface area contributed by atoms with E-state index < -0.39 is 0 Å². The van der Waals surface area contributed by atoms with Crippen molar-refractivity contribution in [3.05, 3.63) is 52.8 Å². The second-order valence-electron chi connectivity index (χ2n) is 5.90. The topological polar surface area (TPSA) is 39.9 Å². The van der Waals surface area contributed by atoms with Gasteiger partial charge in [0.15, 0.2) is 0 Å². The molecule has 2 heterocycles. The Morgan fingerprint density at radius 3 is 2.76 bits per heavy atom. The van der Waals surface area contributed by atoms with Gasteiger partial charge in [0.25, 0.3) is 0 Å². The molecule has 2 aromatic rings. The molecular formula is C18H19N3. The van der Waals surface area contributed by atoms with Crippen molar-refractivity contribution in [2.45, 2.75) is 27.2 Å². The minimum atomic E-state index is 0.570. The summed E-state index contributed by atoms with van der Waals surface area (Å²) in [6.07, 6.45) is 1.09. The molecule has 0 radical (unpaired) electrons. The summed E-state index contributed by atoms with van der Waals surface area (Å²) >= 11 is 0. The summed E-state index contributed by atoms with van der Waals surface area (Å²) in [7, 11) is 0. The van der Waals surface area contributed by atoms with Crippen LogP contribution in [0.25, 0.3) is 0 Å². The quantitative estimate of drug-likeness (QED) is 0.793. The third-order valence-corrected chi connectivity index (χ3v) is 4.06. The van der Waals surface area contributed by atoms with Crippen molar-refractivity contribution in [3.63, 3.8) is 0 Å². The van der Waals surface area contributed by atoms with E-state index in [2.05, 4.69) is 47.1 Å². The summed E-state index contributed by atoms with van der Waals surface area (Å²) in [5.41, 5.74) is 6.01. The van der Waals surface area contributed by atoms with Crippen molar-refractivity contribution in [3.8, 4) is 6.07 Å². The lowest BCUT2D eigenvalue weighted by Gasteiger charge is -2.35.